The molecule has 0 unspecified atom stereocenters. The summed E-state index contributed by atoms with van der Waals surface area (Å²) >= 11 is 0. The second-order valence-corrected chi connectivity index (χ2v) is 5.94. The van der Waals surface area contributed by atoms with E-state index in [0.717, 1.165) is 29.4 Å². The van der Waals surface area contributed by atoms with Crippen molar-refractivity contribution in [1.29, 1.82) is 0 Å². The van der Waals surface area contributed by atoms with Crippen LogP contribution in [0.4, 0.5) is 0 Å². The third-order valence-electron chi connectivity index (χ3n) is 4.15. The molecule has 1 atom stereocenters. The predicted molar refractivity (Wildman–Crippen MR) is 101 cm³/mol. The number of fused-ring (bicyclic) bond motifs is 1. The summed E-state index contributed by atoms with van der Waals surface area (Å²) in [5, 5.41) is 3.96. The molecule has 4 N–H and O–H groups in total. The maximum Gasteiger partial charge on any atom is 0.244 e. The number of benzene rings is 1. The molecule has 0 aliphatic heterocycles. The molecule has 128 valence electrons. The Morgan fingerprint density at radius 1 is 1.24 bits per heavy atom. The topological polar surface area (TPSA) is 83.8 Å². The van der Waals surface area contributed by atoms with Crippen LogP contribution in [0.5, 0.6) is 0 Å². The number of nitrogens with one attached hydrogen (secondary N) is 2. The van der Waals surface area contributed by atoms with Gasteiger partial charge in [-0.05, 0) is 36.6 Å². The van der Waals surface area contributed by atoms with E-state index >= 15 is 0 Å². The summed E-state index contributed by atoms with van der Waals surface area (Å²) in [4.78, 5) is 19.5. The molecule has 0 saturated heterocycles. The highest BCUT2D eigenvalue weighted by Crippen LogP contribution is 2.16. The molecule has 0 radical (unpaired) electrons. The summed E-state index contributed by atoms with van der Waals surface area (Å²) in [6, 6.07) is 14.0. The molecule has 2 aromatic heterocycles. The molecule has 2 heterocycles. The van der Waals surface area contributed by atoms with Gasteiger partial charge in [0.15, 0.2) is 0 Å². The molecular weight excluding hydrogens is 312 g/mol. The van der Waals surface area contributed by atoms with Crippen LogP contribution in [0.25, 0.3) is 17.1 Å². The molecule has 5 heteroatoms. The van der Waals surface area contributed by atoms with Gasteiger partial charge in [-0.15, -0.1) is 0 Å². The Balaban J connectivity index is 1.56. The summed E-state index contributed by atoms with van der Waals surface area (Å²) in [6.45, 7) is 0.420. The van der Waals surface area contributed by atoms with E-state index in [1.807, 2.05) is 36.5 Å². The number of carbonyl (C=O) groups is 1. The first kappa shape index (κ1) is 16.9. The molecule has 0 saturated carbocycles. The highest BCUT2D eigenvalue weighted by atomic mass is 16.1. The van der Waals surface area contributed by atoms with E-state index in [0.29, 0.717) is 6.54 Å². The van der Waals surface area contributed by atoms with Gasteiger partial charge >= 0.3 is 0 Å². The minimum absolute atomic E-state index is 0.0398. The Labute approximate surface area is 147 Å². The number of aromatic amines is 1. The Morgan fingerprint density at radius 3 is 2.88 bits per heavy atom. The summed E-state index contributed by atoms with van der Waals surface area (Å²) in [6.07, 6.45) is 8.62. The van der Waals surface area contributed by atoms with Crippen LogP contribution in [0, 0.1) is 0 Å². The number of hydrogen-bond acceptors (Lipinski definition) is 3. The predicted octanol–water partition coefficient (Wildman–Crippen LogP) is 2.65. The van der Waals surface area contributed by atoms with E-state index in [9.17, 15) is 4.79 Å². The van der Waals surface area contributed by atoms with Crippen molar-refractivity contribution in [2.24, 2.45) is 5.73 Å². The van der Waals surface area contributed by atoms with Crippen molar-refractivity contribution in [3.8, 4) is 0 Å². The highest BCUT2D eigenvalue weighted by molar-refractivity contribution is 5.95. The van der Waals surface area contributed by atoms with E-state index in [-0.39, 0.29) is 11.9 Å². The van der Waals surface area contributed by atoms with Crippen molar-refractivity contribution >= 4 is 23.0 Å². The van der Waals surface area contributed by atoms with Crippen molar-refractivity contribution in [3.63, 3.8) is 0 Å². The fourth-order valence-corrected chi connectivity index (χ4v) is 2.76. The Hall–Kier alpha value is -2.92. The quantitative estimate of drug-likeness (QED) is 0.581. The molecule has 0 aliphatic carbocycles. The number of nitrogens with two attached hydrogens (primary N) is 1. The van der Waals surface area contributed by atoms with E-state index in [2.05, 4.69) is 27.4 Å². The lowest BCUT2D eigenvalue weighted by molar-refractivity contribution is -0.117. The largest absolute Gasteiger partial charge is 0.349 e. The molecule has 0 spiro atoms. The summed E-state index contributed by atoms with van der Waals surface area (Å²) in [5.41, 5.74) is 8.79. The summed E-state index contributed by atoms with van der Waals surface area (Å²) in [5.74, 6) is -0.137. The number of hydrogen-bond donors (Lipinski definition) is 3. The number of rotatable bonds is 7. The molecule has 1 amide bonds. The Morgan fingerprint density at radius 2 is 2.08 bits per heavy atom. The van der Waals surface area contributed by atoms with Gasteiger partial charge in [-0.3, -0.25) is 4.79 Å². The van der Waals surface area contributed by atoms with Gasteiger partial charge in [0.1, 0.15) is 5.65 Å². The van der Waals surface area contributed by atoms with Crippen molar-refractivity contribution in [2.45, 2.75) is 18.9 Å². The standard InChI is InChI=1S/C20H22N4O/c21-13-17(10-8-15-5-2-1-3-6-15)24-19(25)11-9-16-14-23-20-18(16)7-4-12-22-20/h1-7,9,11-12,14,17H,8,10,13,21H2,(H,22,23)(H,24,25)/b11-9+/t17-/m0/s1. The molecule has 5 nitrogen and oxygen atoms in total. The third-order valence-corrected chi connectivity index (χ3v) is 4.15. The maximum absolute atomic E-state index is 12.2. The van der Waals surface area contributed by atoms with Gasteiger partial charge in [0.2, 0.25) is 5.91 Å². The molecule has 0 bridgehead atoms. The second kappa shape index (κ2) is 8.26. The number of amides is 1. The van der Waals surface area contributed by atoms with E-state index in [1.165, 1.54) is 5.56 Å². The van der Waals surface area contributed by atoms with Gasteiger partial charge in [0.25, 0.3) is 0 Å². The number of H-pyrrole nitrogens is 1. The van der Waals surface area contributed by atoms with Crippen LogP contribution in [0.1, 0.15) is 17.5 Å². The molecule has 1 aromatic carbocycles. The van der Waals surface area contributed by atoms with Gasteiger partial charge in [0, 0.05) is 42.0 Å². The van der Waals surface area contributed by atoms with E-state index < -0.39 is 0 Å². The van der Waals surface area contributed by atoms with Gasteiger partial charge in [-0.1, -0.05) is 30.3 Å². The first-order chi connectivity index (χ1) is 12.3. The van der Waals surface area contributed by atoms with Crippen LogP contribution in [-0.2, 0) is 11.2 Å². The number of aryl methyl sites for hydroxylation is 1. The summed E-state index contributed by atoms with van der Waals surface area (Å²) in [7, 11) is 0. The molecule has 3 aromatic rings. The first-order valence-corrected chi connectivity index (χ1v) is 8.41. The van der Waals surface area contributed by atoms with Gasteiger partial charge < -0.3 is 16.0 Å². The van der Waals surface area contributed by atoms with Crippen LogP contribution >= 0.6 is 0 Å². The fraction of sp³-hybridized carbons (Fsp3) is 0.200. The van der Waals surface area contributed by atoms with Crippen molar-refractivity contribution in [1.82, 2.24) is 15.3 Å². The number of nitrogens with zero attached hydrogens (tertiary/aromatic N) is 1. The lowest BCUT2D eigenvalue weighted by atomic mass is 10.1. The highest BCUT2D eigenvalue weighted by Gasteiger charge is 2.09. The zero-order valence-corrected chi connectivity index (χ0v) is 14.0. The van der Waals surface area contributed by atoms with E-state index in [4.69, 9.17) is 5.73 Å². The normalized spacial score (nSPS) is 12.5. The first-order valence-electron chi connectivity index (χ1n) is 8.41. The molecule has 0 fully saturated rings. The average molecular weight is 334 g/mol. The van der Waals surface area contributed by atoms with Crippen molar-refractivity contribution < 1.29 is 4.79 Å². The molecular formula is C20H22N4O. The van der Waals surface area contributed by atoms with Gasteiger partial charge in [-0.25, -0.2) is 4.98 Å². The van der Waals surface area contributed by atoms with Gasteiger partial charge in [-0.2, -0.15) is 0 Å². The summed E-state index contributed by atoms with van der Waals surface area (Å²) < 4.78 is 0. The second-order valence-electron chi connectivity index (χ2n) is 5.94. The van der Waals surface area contributed by atoms with Crippen LogP contribution < -0.4 is 11.1 Å². The van der Waals surface area contributed by atoms with Crippen molar-refractivity contribution in [2.75, 3.05) is 6.54 Å². The van der Waals surface area contributed by atoms with Crippen LogP contribution in [0.15, 0.2) is 60.9 Å². The molecule has 25 heavy (non-hydrogen) atoms. The fourth-order valence-electron chi connectivity index (χ4n) is 2.76. The van der Waals surface area contributed by atoms with Crippen molar-refractivity contribution in [3.05, 3.63) is 72.1 Å². The monoisotopic (exact) mass is 334 g/mol. The zero-order chi connectivity index (χ0) is 17.5. The van der Waals surface area contributed by atoms with Crippen LogP contribution in [0.2, 0.25) is 0 Å². The zero-order valence-electron chi connectivity index (χ0n) is 14.0. The van der Waals surface area contributed by atoms with Crippen LogP contribution in [-0.4, -0.2) is 28.5 Å². The lowest BCUT2D eigenvalue weighted by Crippen LogP contribution is -2.39. The van der Waals surface area contributed by atoms with Crippen LogP contribution in [0.3, 0.4) is 0 Å². The average Bonchev–Trinajstić information content (AvgIpc) is 3.07. The lowest BCUT2D eigenvalue weighted by Gasteiger charge is -2.15. The molecule has 0 aliphatic rings. The number of carbonyl (C=O) groups excluding carboxylic acids is 1. The maximum atomic E-state index is 12.2. The molecule has 3 rings (SSSR count). The minimum Gasteiger partial charge on any atom is -0.349 e. The Bertz CT molecular complexity index is 854. The number of pyridine rings is 1. The SMILES string of the molecule is NC[C@H](CCc1ccccc1)NC(=O)/C=C/c1c[nH]c2ncccc12. The van der Waals surface area contributed by atoms with Gasteiger partial charge in [0.05, 0.1) is 0 Å². The smallest absolute Gasteiger partial charge is 0.244 e. The van der Waals surface area contributed by atoms with E-state index in [1.54, 1.807) is 18.3 Å². The number of aromatic nitrogens is 2. The minimum atomic E-state index is -0.137. The third kappa shape index (κ3) is 4.55. The Kier molecular flexibility index (Phi) is 5.59.